The summed E-state index contributed by atoms with van der Waals surface area (Å²) in [7, 11) is 0. The molecule has 3 heteroatoms. The van der Waals surface area contributed by atoms with Crippen molar-refractivity contribution in [2.24, 2.45) is 0 Å². The molecule has 3 aromatic carbocycles. The first-order valence-corrected chi connectivity index (χ1v) is 8.91. The van der Waals surface area contributed by atoms with E-state index in [9.17, 15) is 9.18 Å². The molecule has 0 saturated heterocycles. The second kappa shape index (κ2) is 6.75. The van der Waals surface area contributed by atoms with E-state index in [0.29, 0.717) is 5.56 Å². The van der Waals surface area contributed by atoms with E-state index >= 15 is 0 Å². The van der Waals surface area contributed by atoms with Gasteiger partial charge in [-0.25, -0.2) is 4.39 Å². The molecule has 0 fully saturated rings. The van der Waals surface area contributed by atoms with Crippen molar-refractivity contribution < 1.29 is 9.18 Å². The maximum absolute atomic E-state index is 13.5. The number of hydrogen-bond acceptors (Lipinski definition) is 1. The maximum atomic E-state index is 13.5. The van der Waals surface area contributed by atoms with Gasteiger partial charge in [0, 0.05) is 17.3 Å². The Morgan fingerprint density at radius 2 is 1.65 bits per heavy atom. The lowest BCUT2D eigenvalue weighted by molar-refractivity contribution is 0.0975. The molecule has 1 heterocycles. The summed E-state index contributed by atoms with van der Waals surface area (Å²) < 4.78 is 13.5. The molecule has 0 aromatic heterocycles. The smallest absolute Gasteiger partial charge is 0.258 e. The van der Waals surface area contributed by atoms with Crippen molar-refractivity contribution in [1.82, 2.24) is 0 Å². The molecule has 1 atom stereocenters. The average Bonchev–Trinajstić information content (AvgIpc) is 2.68. The lowest BCUT2D eigenvalue weighted by Gasteiger charge is -2.35. The lowest BCUT2D eigenvalue weighted by Crippen LogP contribution is -2.42. The van der Waals surface area contributed by atoms with E-state index < -0.39 is 0 Å². The Bertz CT molecular complexity index is 934. The molecule has 0 radical (unpaired) electrons. The zero-order chi connectivity index (χ0) is 18.1. The van der Waals surface area contributed by atoms with Gasteiger partial charge in [0.1, 0.15) is 5.82 Å². The summed E-state index contributed by atoms with van der Waals surface area (Å²) in [6, 6.07) is 22.6. The molecule has 0 spiro atoms. The van der Waals surface area contributed by atoms with Crippen molar-refractivity contribution in [3.8, 4) is 11.1 Å². The minimum absolute atomic E-state index is 0.0373. The van der Waals surface area contributed by atoms with Crippen molar-refractivity contribution in [2.45, 2.75) is 25.8 Å². The third-order valence-corrected chi connectivity index (χ3v) is 5.03. The second-order valence-corrected chi connectivity index (χ2v) is 6.78. The molecule has 1 aliphatic rings. The number of benzene rings is 3. The van der Waals surface area contributed by atoms with E-state index in [1.165, 1.54) is 6.07 Å². The number of carbonyl (C=O) groups is 1. The van der Waals surface area contributed by atoms with E-state index in [0.717, 1.165) is 35.2 Å². The maximum Gasteiger partial charge on any atom is 0.258 e. The van der Waals surface area contributed by atoms with Crippen LogP contribution in [-0.2, 0) is 6.42 Å². The van der Waals surface area contributed by atoms with Crippen LogP contribution in [0, 0.1) is 5.82 Å². The quantitative estimate of drug-likeness (QED) is 0.603. The summed E-state index contributed by atoms with van der Waals surface area (Å²) in [6.45, 7) is 2.04. The minimum atomic E-state index is -0.252. The molecule has 0 aliphatic carbocycles. The van der Waals surface area contributed by atoms with Gasteiger partial charge in [-0.2, -0.15) is 0 Å². The number of carbonyl (C=O) groups excluding carboxylic acids is 1. The molecular weight excluding hydrogens is 325 g/mol. The van der Waals surface area contributed by atoms with Crippen LogP contribution in [-0.4, -0.2) is 11.9 Å². The van der Waals surface area contributed by atoms with Crippen LogP contribution >= 0.6 is 0 Å². The summed E-state index contributed by atoms with van der Waals surface area (Å²) in [6.07, 6.45) is 1.63. The van der Waals surface area contributed by atoms with Gasteiger partial charge in [-0.3, -0.25) is 4.79 Å². The van der Waals surface area contributed by atoms with E-state index in [2.05, 4.69) is 0 Å². The van der Waals surface area contributed by atoms with Crippen LogP contribution in [0.3, 0.4) is 0 Å². The van der Waals surface area contributed by atoms with Crippen molar-refractivity contribution >= 4 is 11.6 Å². The van der Waals surface area contributed by atoms with E-state index in [4.69, 9.17) is 0 Å². The summed E-state index contributed by atoms with van der Waals surface area (Å²) in [5, 5.41) is 0. The van der Waals surface area contributed by atoms with Crippen molar-refractivity contribution in [3.63, 3.8) is 0 Å². The number of halogens is 1. The normalized spacial score (nSPS) is 16.2. The van der Waals surface area contributed by atoms with Crippen LogP contribution < -0.4 is 4.90 Å². The standard InChI is InChI=1S/C23H20FNO/c1-16-7-8-20-15-21(24)13-14-22(20)25(16)23(26)19-11-9-18(10-12-19)17-5-3-2-4-6-17/h2-6,9-16H,7-8H2,1H3. The molecule has 1 unspecified atom stereocenters. The van der Waals surface area contributed by atoms with Gasteiger partial charge >= 0.3 is 0 Å². The summed E-state index contributed by atoms with van der Waals surface area (Å²) in [5.41, 5.74) is 4.57. The van der Waals surface area contributed by atoms with Gasteiger partial charge in [-0.15, -0.1) is 0 Å². The fraction of sp³-hybridized carbons (Fsp3) is 0.174. The van der Waals surface area contributed by atoms with Crippen molar-refractivity contribution in [1.29, 1.82) is 0 Å². The highest BCUT2D eigenvalue weighted by atomic mass is 19.1. The Kier molecular flexibility index (Phi) is 4.29. The predicted molar refractivity (Wildman–Crippen MR) is 103 cm³/mol. The molecule has 26 heavy (non-hydrogen) atoms. The van der Waals surface area contributed by atoms with E-state index in [1.807, 2.05) is 61.5 Å². The average molecular weight is 345 g/mol. The Balaban J connectivity index is 1.66. The molecule has 0 bridgehead atoms. The topological polar surface area (TPSA) is 20.3 Å². The summed E-state index contributed by atoms with van der Waals surface area (Å²) >= 11 is 0. The highest BCUT2D eigenvalue weighted by Crippen LogP contribution is 2.32. The first kappa shape index (κ1) is 16.5. The number of nitrogens with zero attached hydrogens (tertiary/aromatic N) is 1. The fourth-order valence-corrected chi connectivity index (χ4v) is 3.60. The molecule has 1 amide bonds. The van der Waals surface area contributed by atoms with Crippen LogP contribution in [0.4, 0.5) is 10.1 Å². The van der Waals surface area contributed by atoms with Crippen LogP contribution in [0.25, 0.3) is 11.1 Å². The number of aryl methyl sites for hydroxylation is 1. The van der Waals surface area contributed by atoms with Crippen LogP contribution in [0.1, 0.15) is 29.3 Å². The highest BCUT2D eigenvalue weighted by Gasteiger charge is 2.29. The largest absolute Gasteiger partial charge is 0.305 e. The molecule has 130 valence electrons. The Morgan fingerprint density at radius 1 is 0.962 bits per heavy atom. The minimum Gasteiger partial charge on any atom is -0.305 e. The van der Waals surface area contributed by atoms with Gasteiger partial charge in [0.15, 0.2) is 0 Å². The molecule has 4 rings (SSSR count). The first-order valence-electron chi connectivity index (χ1n) is 8.91. The second-order valence-electron chi connectivity index (χ2n) is 6.78. The predicted octanol–water partition coefficient (Wildman–Crippen LogP) is 5.47. The van der Waals surface area contributed by atoms with Gasteiger partial charge in [0.05, 0.1) is 0 Å². The number of amides is 1. The third kappa shape index (κ3) is 3.01. The molecule has 1 aliphatic heterocycles. The van der Waals surface area contributed by atoms with Gasteiger partial charge < -0.3 is 4.90 Å². The lowest BCUT2D eigenvalue weighted by atomic mass is 9.95. The Hall–Kier alpha value is -2.94. The highest BCUT2D eigenvalue weighted by molar-refractivity contribution is 6.07. The Morgan fingerprint density at radius 3 is 2.38 bits per heavy atom. The molecule has 3 aromatic rings. The van der Waals surface area contributed by atoms with Crippen molar-refractivity contribution in [2.75, 3.05) is 4.90 Å². The van der Waals surface area contributed by atoms with Gasteiger partial charge in [-0.05, 0) is 66.8 Å². The van der Waals surface area contributed by atoms with Gasteiger partial charge in [0.25, 0.3) is 5.91 Å². The zero-order valence-electron chi connectivity index (χ0n) is 14.7. The van der Waals surface area contributed by atoms with E-state index in [-0.39, 0.29) is 17.8 Å². The molecule has 0 N–H and O–H groups in total. The number of anilines is 1. The van der Waals surface area contributed by atoms with Crippen LogP contribution in [0.2, 0.25) is 0 Å². The first-order chi connectivity index (χ1) is 12.6. The zero-order valence-corrected chi connectivity index (χ0v) is 14.7. The van der Waals surface area contributed by atoms with Crippen LogP contribution in [0.5, 0.6) is 0 Å². The number of fused-ring (bicyclic) bond motifs is 1. The van der Waals surface area contributed by atoms with E-state index in [1.54, 1.807) is 17.0 Å². The molecular formula is C23H20FNO. The van der Waals surface area contributed by atoms with Crippen LogP contribution in [0.15, 0.2) is 72.8 Å². The number of hydrogen-bond donors (Lipinski definition) is 0. The number of rotatable bonds is 2. The molecule has 2 nitrogen and oxygen atoms in total. The third-order valence-electron chi connectivity index (χ3n) is 5.03. The van der Waals surface area contributed by atoms with Crippen molar-refractivity contribution in [3.05, 3.63) is 89.7 Å². The monoisotopic (exact) mass is 345 g/mol. The SMILES string of the molecule is CC1CCc2cc(F)ccc2N1C(=O)c1ccc(-c2ccccc2)cc1. The molecule has 0 saturated carbocycles. The summed E-state index contributed by atoms with van der Waals surface area (Å²) in [5.74, 6) is -0.289. The van der Waals surface area contributed by atoms with Gasteiger partial charge in [0.2, 0.25) is 0 Å². The van der Waals surface area contributed by atoms with Gasteiger partial charge in [-0.1, -0.05) is 42.5 Å². The summed E-state index contributed by atoms with van der Waals surface area (Å²) in [4.78, 5) is 14.9. The Labute approximate surface area is 152 Å². The fourth-order valence-electron chi connectivity index (χ4n) is 3.60.